The molecule has 3 aromatic rings. The molecule has 2 aromatic carbocycles. The quantitative estimate of drug-likeness (QED) is 0.397. The third-order valence-corrected chi connectivity index (χ3v) is 5.39. The maximum Gasteiger partial charge on any atom is 0.266 e. The fourth-order valence-corrected chi connectivity index (χ4v) is 3.51. The smallest absolute Gasteiger partial charge is 0.266 e. The second kappa shape index (κ2) is 8.57. The maximum absolute atomic E-state index is 12.6. The van der Waals surface area contributed by atoms with E-state index in [0.717, 1.165) is 28.2 Å². The fraction of sp³-hybridized carbons (Fsp3) is 0.130. The highest BCUT2D eigenvalue weighted by atomic mass is 35.5. The largest absolute Gasteiger partial charge is 0.321 e. The lowest BCUT2D eigenvalue weighted by molar-refractivity contribution is -0.112. The summed E-state index contributed by atoms with van der Waals surface area (Å²) in [6.45, 7) is 5.76. The summed E-state index contributed by atoms with van der Waals surface area (Å²) >= 11 is 12.5. The minimum atomic E-state index is -0.491. The highest BCUT2D eigenvalue weighted by molar-refractivity contribution is 6.32. The van der Waals surface area contributed by atoms with Gasteiger partial charge in [0.2, 0.25) is 0 Å². The lowest BCUT2D eigenvalue weighted by atomic mass is 10.1. The monoisotopic (exact) mass is 423 g/mol. The minimum absolute atomic E-state index is 0.00102. The molecule has 6 heteroatoms. The first-order chi connectivity index (χ1) is 13.8. The number of benzene rings is 2. The van der Waals surface area contributed by atoms with Crippen LogP contribution in [0, 0.1) is 32.1 Å². The Hall–Kier alpha value is -3.00. The third-order valence-electron chi connectivity index (χ3n) is 4.66. The fourth-order valence-electron chi connectivity index (χ4n) is 3.11. The summed E-state index contributed by atoms with van der Waals surface area (Å²) in [5.74, 6) is -0.491. The van der Waals surface area contributed by atoms with Crippen molar-refractivity contribution in [1.29, 1.82) is 5.26 Å². The Kier molecular flexibility index (Phi) is 6.12. The summed E-state index contributed by atoms with van der Waals surface area (Å²) in [5.41, 5.74) is 4.90. The number of carbonyl (C=O) groups excluding carboxylic acids is 1. The highest BCUT2D eigenvalue weighted by Crippen LogP contribution is 2.27. The molecule has 0 unspecified atom stereocenters. The summed E-state index contributed by atoms with van der Waals surface area (Å²) in [7, 11) is 0. The van der Waals surface area contributed by atoms with E-state index in [2.05, 4.69) is 5.32 Å². The van der Waals surface area contributed by atoms with Crippen LogP contribution < -0.4 is 5.32 Å². The molecular weight excluding hydrogens is 405 g/mol. The summed E-state index contributed by atoms with van der Waals surface area (Å²) < 4.78 is 2.00. The van der Waals surface area contributed by atoms with Crippen LogP contribution in [0.5, 0.6) is 0 Å². The van der Waals surface area contributed by atoms with Crippen molar-refractivity contribution in [3.8, 4) is 11.8 Å². The van der Waals surface area contributed by atoms with Crippen LogP contribution in [0.15, 0.2) is 54.1 Å². The van der Waals surface area contributed by atoms with E-state index in [0.29, 0.717) is 15.7 Å². The number of nitrogens with zero attached hydrogens (tertiary/aromatic N) is 2. The summed E-state index contributed by atoms with van der Waals surface area (Å²) in [6, 6.07) is 16.7. The van der Waals surface area contributed by atoms with Crippen LogP contribution in [0.3, 0.4) is 0 Å². The molecule has 0 spiro atoms. The van der Waals surface area contributed by atoms with Gasteiger partial charge in [-0.3, -0.25) is 4.79 Å². The Morgan fingerprint density at radius 2 is 1.79 bits per heavy atom. The molecule has 0 atom stereocenters. The van der Waals surface area contributed by atoms with Gasteiger partial charge >= 0.3 is 0 Å². The van der Waals surface area contributed by atoms with Crippen molar-refractivity contribution in [2.24, 2.45) is 0 Å². The van der Waals surface area contributed by atoms with E-state index < -0.39 is 5.91 Å². The molecule has 146 valence electrons. The Bertz CT molecular complexity index is 1170. The number of amides is 1. The Balaban J connectivity index is 1.94. The number of hydrogen-bond donors (Lipinski definition) is 1. The molecule has 0 radical (unpaired) electrons. The van der Waals surface area contributed by atoms with Crippen LogP contribution in [0.2, 0.25) is 10.0 Å². The van der Waals surface area contributed by atoms with Crippen molar-refractivity contribution in [3.63, 3.8) is 0 Å². The van der Waals surface area contributed by atoms with E-state index in [1.807, 2.05) is 67.8 Å². The second-order valence-electron chi connectivity index (χ2n) is 6.70. The molecule has 3 rings (SSSR count). The van der Waals surface area contributed by atoms with Gasteiger partial charge in [-0.25, -0.2) is 0 Å². The molecule has 0 saturated heterocycles. The first kappa shape index (κ1) is 20.7. The molecular formula is C23H19Cl2N3O. The number of carbonyl (C=O) groups is 1. The number of anilines is 1. The average molecular weight is 424 g/mol. The molecule has 1 heterocycles. The van der Waals surface area contributed by atoms with Gasteiger partial charge in [0, 0.05) is 22.1 Å². The van der Waals surface area contributed by atoms with Crippen LogP contribution in [0.4, 0.5) is 5.69 Å². The highest BCUT2D eigenvalue weighted by Gasteiger charge is 2.15. The Morgan fingerprint density at radius 1 is 1.07 bits per heavy atom. The van der Waals surface area contributed by atoms with Crippen molar-refractivity contribution in [3.05, 3.63) is 86.7 Å². The number of hydrogen-bond acceptors (Lipinski definition) is 2. The zero-order valence-electron chi connectivity index (χ0n) is 16.3. The predicted octanol–water partition coefficient (Wildman–Crippen LogP) is 6.26. The van der Waals surface area contributed by atoms with Crippen molar-refractivity contribution in [2.45, 2.75) is 20.8 Å². The van der Waals surface area contributed by atoms with Gasteiger partial charge < -0.3 is 9.88 Å². The van der Waals surface area contributed by atoms with Gasteiger partial charge in [-0.1, -0.05) is 41.4 Å². The lowest BCUT2D eigenvalue weighted by Gasteiger charge is -2.11. The first-order valence-electron chi connectivity index (χ1n) is 8.95. The van der Waals surface area contributed by atoms with Crippen LogP contribution in [0.25, 0.3) is 11.8 Å². The Morgan fingerprint density at radius 3 is 2.45 bits per heavy atom. The summed E-state index contributed by atoms with van der Waals surface area (Å²) in [5, 5.41) is 13.4. The number of para-hydroxylation sites is 1. The van der Waals surface area contributed by atoms with E-state index in [4.69, 9.17) is 23.2 Å². The normalized spacial score (nSPS) is 11.2. The van der Waals surface area contributed by atoms with E-state index in [1.165, 1.54) is 0 Å². The number of nitrogens with one attached hydrogen (secondary N) is 1. The van der Waals surface area contributed by atoms with Gasteiger partial charge in [0.1, 0.15) is 11.6 Å². The second-order valence-corrected chi connectivity index (χ2v) is 7.52. The van der Waals surface area contributed by atoms with Crippen molar-refractivity contribution in [1.82, 2.24) is 4.57 Å². The van der Waals surface area contributed by atoms with Crippen molar-refractivity contribution < 1.29 is 4.79 Å². The van der Waals surface area contributed by atoms with E-state index in [1.54, 1.807) is 18.2 Å². The lowest BCUT2D eigenvalue weighted by Crippen LogP contribution is -2.13. The van der Waals surface area contributed by atoms with E-state index in [9.17, 15) is 10.1 Å². The number of nitriles is 1. The molecule has 0 fully saturated rings. The van der Waals surface area contributed by atoms with E-state index in [-0.39, 0.29) is 5.57 Å². The van der Waals surface area contributed by atoms with Gasteiger partial charge in [-0.15, -0.1) is 0 Å². The van der Waals surface area contributed by atoms with Crippen LogP contribution in [-0.4, -0.2) is 10.5 Å². The van der Waals surface area contributed by atoms with Gasteiger partial charge in [0.05, 0.1) is 10.7 Å². The van der Waals surface area contributed by atoms with Crippen LogP contribution >= 0.6 is 23.2 Å². The van der Waals surface area contributed by atoms with Gasteiger partial charge in [-0.2, -0.15) is 5.26 Å². The third kappa shape index (κ3) is 4.37. The Labute approximate surface area is 180 Å². The topological polar surface area (TPSA) is 57.8 Å². The molecule has 1 aromatic heterocycles. The standard InChI is InChI=1S/C23H19Cl2N3O/c1-14-8-9-19(12-21(14)25)27-23(29)18(13-26)11-17-10-15(2)28(16(17)3)22-7-5-4-6-20(22)24/h4-12H,1-3H3,(H,27,29)/b18-11-. The predicted molar refractivity (Wildman–Crippen MR) is 119 cm³/mol. The van der Waals surface area contributed by atoms with Gasteiger partial charge in [-0.05, 0) is 68.3 Å². The zero-order valence-corrected chi connectivity index (χ0v) is 17.8. The molecule has 29 heavy (non-hydrogen) atoms. The summed E-state index contributed by atoms with van der Waals surface area (Å²) in [6.07, 6.45) is 1.58. The minimum Gasteiger partial charge on any atom is -0.321 e. The number of aromatic nitrogens is 1. The number of halogens is 2. The number of aryl methyl sites for hydroxylation is 2. The first-order valence-corrected chi connectivity index (χ1v) is 9.70. The zero-order chi connectivity index (χ0) is 21.1. The molecule has 0 aliphatic rings. The molecule has 4 nitrogen and oxygen atoms in total. The van der Waals surface area contributed by atoms with Crippen molar-refractivity contribution >= 4 is 40.9 Å². The SMILES string of the molecule is Cc1ccc(NC(=O)/C(C#N)=C\c2cc(C)n(-c3ccccc3Cl)c2C)cc1Cl. The maximum atomic E-state index is 12.6. The molecule has 0 saturated carbocycles. The number of rotatable bonds is 4. The van der Waals surface area contributed by atoms with Crippen LogP contribution in [0.1, 0.15) is 22.5 Å². The summed E-state index contributed by atoms with van der Waals surface area (Å²) in [4.78, 5) is 12.6. The molecule has 0 bridgehead atoms. The van der Waals surface area contributed by atoms with Crippen molar-refractivity contribution in [2.75, 3.05) is 5.32 Å². The molecule has 0 aliphatic heterocycles. The van der Waals surface area contributed by atoms with Gasteiger partial charge in [0.15, 0.2) is 0 Å². The van der Waals surface area contributed by atoms with Gasteiger partial charge in [0.25, 0.3) is 5.91 Å². The molecule has 0 aliphatic carbocycles. The van der Waals surface area contributed by atoms with Crippen LogP contribution in [-0.2, 0) is 4.79 Å². The molecule has 1 amide bonds. The van der Waals surface area contributed by atoms with E-state index >= 15 is 0 Å². The molecule has 1 N–H and O–H groups in total. The average Bonchev–Trinajstić information content (AvgIpc) is 2.96.